The Balaban J connectivity index is 2.12. The Bertz CT molecular complexity index is 918. The highest BCUT2D eigenvalue weighted by Crippen LogP contribution is 2.35. The van der Waals surface area contributed by atoms with Gasteiger partial charge in [0.15, 0.2) is 0 Å². The van der Waals surface area contributed by atoms with E-state index in [-0.39, 0.29) is 11.7 Å². The molecule has 1 aromatic carbocycles. The molecular formula is C15H14N4O7. The predicted molar refractivity (Wildman–Crippen MR) is 84.8 cm³/mol. The highest BCUT2D eigenvalue weighted by molar-refractivity contribution is 5.97. The zero-order valence-electron chi connectivity index (χ0n) is 14.0. The number of hydrogen-bond donors (Lipinski definition) is 1. The van der Waals surface area contributed by atoms with Gasteiger partial charge < -0.3 is 18.9 Å². The number of benzene rings is 1. The number of carbonyl (C=O) groups excluding carboxylic acids is 2. The summed E-state index contributed by atoms with van der Waals surface area (Å²) in [5, 5.41) is 11.6. The minimum atomic E-state index is -0.988. The number of rotatable bonds is 2. The van der Waals surface area contributed by atoms with Crippen molar-refractivity contribution >= 4 is 29.2 Å². The molecule has 0 saturated heterocycles. The quantitative estimate of drug-likeness (QED) is 0.790. The topological polar surface area (TPSA) is 134 Å². The summed E-state index contributed by atoms with van der Waals surface area (Å²) in [6, 6.07) is 5.07. The van der Waals surface area contributed by atoms with Crippen molar-refractivity contribution in [3.63, 3.8) is 0 Å². The summed E-state index contributed by atoms with van der Waals surface area (Å²) in [5.41, 5.74) is 4.38. The van der Waals surface area contributed by atoms with E-state index in [0.29, 0.717) is 22.3 Å². The van der Waals surface area contributed by atoms with Crippen LogP contribution in [0.25, 0.3) is 11.0 Å². The van der Waals surface area contributed by atoms with Crippen molar-refractivity contribution in [2.24, 2.45) is 5.10 Å². The Hall–Kier alpha value is -3.63. The molecule has 0 saturated carbocycles. The first-order valence-electron chi connectivity index (χ1n) is 7.32. The molecule has 1 atom stereocenters. The first-order valence-corrected chi connectivity index (χ1v) is 7.32. The van der Waals surface area contributed by atoms with E-state index < -0.39 is 18.2 Å². The lowest BCUT2D eigenvalue weighted by Crippen LogP contribution is -2.32. The number of carbonyl (C=O) groups is 2. The molecule has 0 fully saturated rings. The second-order valence-corrected chi connectivity index (χ2v) is 5.08. The van der Waals surface area contributed by atoms with E-state index in [1.807, 2.05) is 0 Å². The van der Waals surface area contributed by atoms with Gasteiger partial charge in [0.2, 0.25) is 5.90 Å². The van der Waals surface area contributed by atoms with E-state index in [0.717, 1.165) is 7.11 Å². The predicted octanol–water partition coefficient (Wildman–Crippen LogP) is 2.02. The molecule has 1 N–H and O–H groups in total. The van der Waals surface area contributed by atoms with Gasteiger partial charge in [-0.3, -0.25) is 5.43 Å². The molecule has 11 nitrogen and oxygen atoms in total. The van der Waals surface area contributed by atoms with Gasteiger partial charge in [0.05, 0.1) is 19.9 Å². The number of methoxy groups -OCH3 is 2. The summed E-state index contributed by atoms with van der Waals surface area (Å²) in [6.07, 6.45) is -1.94. The first kappa shape index (κ1) is 17.2. The average Bonchev–Trinajstić information content (AvgIpc) is 3.13. The molecule has 1 aromatic heterocycles. The lowest BCUT2D eigenvalue weighted by molar-refractivity contribution is 0.0908. The molecule has 11 heteroatoms. The third-order valence-electron chi connectivity index (χ3n) is 3.56. The molecule has 0 amide bonds. The van der Waals surface area contributed by atoms with E-state index in [9.17, 15) is 9.59 Å². The highest BCUT2D eigenvalue weighted by Gasteiger charge is 2.36. The van der Waals surface area contributed by atoms with Crippen LogP contribution < -0.4 is 5.43 Å². The molecule has 0 bridgehead atoms. The zero-order valence-corrected chi connectivity index (χ0v) is 14.0. The number of hydrogen-bond acceptors (Lipinski definition) is 11. The van der Waals surface area contributed by atoms with Crippen LogP contribution in [-0.4, -0.2) is 42.7 Å². The normalized spacial score (nSPS) is 16.6. The molecule has 1 unspecified atom stereocenters. The van der Waals surface area contributed by atoms with Crippen molar-refractivity contribution < 1.29 is 33.2 Å². The number of fused-ring (bicyclic) bond motifs is 1. The summed E-state index contributed by atoms with van der Waals surface area (Å²) in [4.78, 5) is 23.3. The molecule has 1 aliphatic rings. The fourth-order valence-corrected chi connectivity index (χ4v) is 2.40. The highest BCUT2D eigenvalue weighted by atomic mass is 16.7. The van der Waals surface area contributed by atoms with Crippen LogP contribution in [0.1, 0.15) is 18.4 Å². The second kappa shape index (κ2) is 7.09. The number of allylic oxidation sites excluding steroid dienone is 1. The fraction of sp³-hybridized carbons (Fsp3) is 0.267. The van der Waals surface area contributed by atoms with Gasteiger partial charge in [0.25, 0.3) is 0 Å². The third kappa shape index (κ3) is 3.14. The maximum absolute atomic E-state index is 11.7. The Morgan fingerprint density at radius 2 is 1.85 bits per heavy atom. The molecule has 2 heterocycles. The second-order valence-electron chi connectivity index (χ2n) is 5.08. The van der Waals surface area contributed by atoms with Crippen LogP contribution in [0.15, 0.2) is 39.4 Å². The monoisotopic (exact) mass is 362 g/mol. The Morgan fingerprint density at radius 3 is 2.58 bits per heavy atom. The van der Waals surface area contributed by atoms with E-state index in [2.05, 4.69) is 30.3 Å². The summed E-state index contributed by atoms with van der Waals surface area (Å²) in [5.74, 6) is -0.900. The van der Waals surface area contributed by atoms with Gasteiger partial charge in [-0.25, -0.2) is 14.2 Å². The molecule has 3 rings (SSSR count). The van der Waals surface area contributed by atoms with Crippen LogP contribution >= 0.6 is 0 Å². The maximum atomic E-state index is 11.7. The third-order valence-corrected chi connectivity index (χ3v) is 3.56. The van der Waals surface area contributed by atoms with Crippen LogP contribution in [0, 0.1) is 0 Å². The molecule has 0 radical (unpaired) electrons. The minimum absolute atomic E-state index is 0.112. The Kier molecular flexibility index (Phi) is 4.69. The van der Waals surface area contributed by atoms with E-state index in [1.54, 1.807) is 25.1 Å². The van der Waals surface area contributed by atoms with Crippen molar-refractivity contribution in [2.75, 3.05) is 14.2 Å². The van der Waals surface area contributed by atoms with Crippen molar-refractivity contribution in [3.8, 4) is 0 Å². The fourth-order valence-electron chi connectivity index (χ4n) is 2.40. The minimum Gasteiger partial charge on any atom is -0.437 e. The van der Waals surface area contributed by atoms with Crippen LogP contribution in [-0.2, 0) is 18.9 Å². The number of nitrogens with zero attached hydrogens (tertiary/aromatic N) is 3. The number of hydrazone groups is 1. The SMILES string of the molecule is COC(=O)OC1=NNC(C)=C(OC(=O)OC)C1c1cccc2nonc12. The van der Waals surface area contributed by atoms with Crippen molar-refractivity contribution in [2.45, 2.75) is 12.8 Å². The van der Waals surface area contributed by atoms with E-state index in [4.69, 9.17) is 14.1 Å². The van der Waals surface area contributed by atoms with Gasteiger partial charge in [0, 0.05) is 5.56 Å². The zero-order chi connectivity index (χ0) is 18.7. The summed E-state index contributed by atoms with van der Waals surface area (Å²) in [7, 11) is 2.33. The summed E-state index contributed by atoms with van der Waals surface area (Å²) >= 11 is 0. The largest absolute Gasteiger partial charge is 0.514 e. The molecule has 0 spiro atoms. The lowest BCUT2D eigenvalue weighted by atomic mass is 9.93. The van der Waals surface area contributed by atoms with Crippen LogP contribution in [0.5, 0.6) is 0 Å². The molecule has 136 valence electrons. The number of ether oxygens (including phenoxy) is 4. The number of nitrogens with one attached hydrogen (secondary N) is 1. The number of aromatic nitrogens is 2. The van der Waals surface area contributed by atoms with Crippen LogP contribution in [0.3, 0.4) is 0 Å². The van der Waals surface area contributed by atoms with E-state index in [1.165, 1.54) is 7.11 Å². The van der Waals surface area contributed by atoms with Crippen molar-refractivity contribution in [1.82, 2.24) is 15.7 Å². The standard InChI is InChI=1S/C15H14N4O7/c1-7-12(24-14(20)22-2)10(13(17-16-7)25-15(21)23-3)8-5-4-6-9-11(8)19-26-18-9/h4-6,10,16H,1-3H3. The molecule has 2 aromatic rings. The van der Waals surface area contributed by atoms with Gasteiger partial charge in [-0.05, 0) is 23.3 Å². The van der Waals surface area contributed by atoms with Crippen LogP contribution in [0.4, 0.5) is 9.59 Å². The van der Waals surface area contributed by atoms with Gasteiger partial charge in [-0.1, -0.05) is 12.1 Å². The summed E-state index contributed by atoms with van der Waals surface area (Å²) in [6.45, 7) is 1.63. The smallest absolute Gasteiger partial charge is 0.437 e. The summed E-state index contributed by atoms with van der Waals surface area (Å²) < 4.78 is 24.2. The first-order chi connectivity index (χ1) is 12.5. The average molecular weight is 362 g/mol. The molecule has 1 aliphatic heterocycles. The van der Waals surface area contributed by atoms with Crippen molar-refractivity contribution in [1.29, 1.82) is 0 Å². The Labute approximate surface area is 146 Å². The Morgan fingerprint density at radius 1 is 1.12 bits per heavy atom. The molecule has 0 aliphatic carbocycles. The van der Waals surface area contributed by atoms with Gasteiger partial charge in [0.1, 0.15) is 22.7 Å². The van der Waals surface area contributed by atoms with Crippen molar-refractivity contribution in [3.05, 3.63) is 35.2 Å². The molecule has 26 heavy (non-hydrogen) atoms. The van der Waals surface area contributed by atoms with Gasteiger partial charge in [-0.2, -0.15) is 0 Å². The lowest BCUT2D eigenvalue weighted by Gasteiger charge is -2.25. The van der Waals surface area contributed by atoms with Gasteiger partial charge in [-0.15, -0.1) is 5.10 Å². The van der Waals surface area contributed by atoms with Gasteiger partial charge >= 0.3 is 12.3 Å². The maximum Gasteiger partial charge on any atom is 0.514 e. The van der Waals surface area contributed by atoms with Crippen LogP contribution in [0.2, 0.25) is 0 Å². The van der Waals surface area contributed by atoms with E-state index >= 15 is 0 Å². The molecular weight excluding hydrogens is 348 g/mol.